The number of hydrogen-bond acceptors (Lipinski definition) is 5. The van der Waals surface area contributed by atoms with E-state index < -0.39 is 29.1 Å². The number of pyridine rings is 1. The molecule has 2 aliphatic rings. The Morgan fingerprint density at radius 3 is 2.41 bits per heavy atom. The molecule has 7 nitrogen and oxygen atoms in total. The molecular formula is C28H29Cl2F2N3O4. The average Bonchev–Trinajstić information content (AvgIpc) is 3.76. The largest absolute Gasteiger partial charge is 0.491 e. The maximum atomic E-state index is 14.2. The molecule has 1 heterocycles. The predicted molar refractivity (Wildman–Crippen MR) is 146 cm³/mol. The number of aromatic nitrogens is 1. The van der Waals surface area contributed by atoms with Crippen molar-refractivity contribution in [3.8, 4) is 5.75 Å². The zero-order valence-corrected chi connectivity index (χ0v) is 22.6. The first kappa shape index (κ1) is 27.8. The zero-order valence-electron chi connectivity index (χ0n) is 21.1. The highest BCUT2D eigenvalue weighted by Gasteiger charge is 2.29. The van der Waals surface area contributed by atoms with Gasteiger partial charge in [0.15, 0.2) is 0 Å². The van der Waals surface area contributed by atoms with E-state index in [4.69, 9.17) is 27.9 Å². The first-order valence-electron chi connectivity index (χ1n) is 13.0. The van der Waals surface area contributed by atoms with E-state index in [1.54, 1.807) is 6.20 Å². The van der Waals surface area contributed by atoms with Crippen LogP contribution in [0.1, 0.15) is 54.9 Å². The Morgan fingerprint density at radius 1 is 1.03 bits per heavy atom. The summed E-state index contributed by atoms with van der Waals surface area (Å²) in [7, 11) is 0. The third kappa shape index (κ3) is 6.54. The lowest BCUT2D eigenvalue weighted by atomic mass is 9.91. The molecular weight excluding hydrogens is 551 g/mol. The number of nitrogens with one attached hydrogen (secondary N) is 2. The molecule has 208 valence electrons. The second kappa shape index (κ2) is 11.8. The minimum absolute atomic E-state index is 0.0000573. The molecule has 2 saturated carbocycles. The van der Waals surface area contributed by atoms with E-state index in [0.29, 0.717) is 24.9 Å². The van der Waals surface area contributed by atoms with Gasteiger partial charge in [-0.3, -0.25) is 9.59 Å². The molecule has 39 heavy (non-hydrogen) atoms. The standard InChI is InChI=1S/C28H29Cl2F2N3O4/c29-22-8-7-19(9-24(22)31)39-14-18(36)12-33-15-1-3-16(4-2-15)34-28(38)21-13-35(17-5-6-17)26-11-23(30)25(32)10-20(26)27(21)37/h7-11,13,15-18,33,36H,1-6,12,14H2,(H,34,38)/t15-,16-,18-/m0/s1. The van der Waals surface area contributed by atoms with E-state index in [1.165, 1.54) is 24.3 Å². The van der Waals surface area contributed by atoms with E-state index in [0.717, 1.165) is 31.7 Å². The van der Waals surface area contributed by atoms with Gasteiger partial charge in [-0.05, 0) is 62.8 Å². The quantitative estimate of drug-likeness (QED) is 0.332. The van der Waals surface area contributed by atoms with Gasteiger partial charge in [0.25, 0.3) is 5.91 Å². The number of aliphatic hydroxyl groups excluding tert-OH is 1. The van der Waals surface area contributed by atoms with Crippen LogP contribution in [0.2, 0.25) is 10.0 Å². The van der Waals surface area contributed by atoms with Gasteiger partial charge in [-0.15, -0.1) is 0 Å². The number of nitrogens with zero attached hydrogens (tertiary/aromatic N) is 1. The summed E-state index contributed by atoms with van der Waals surface area (Å²) >= 11 is 11.6. The fraction of sp³-hybridized carbons (Fsp3) is 0.429. The van der Waals surface area contributed by atoms with Gasteiger partial charge in [0.2, 0.25) is 5.43 Å². The number of benzene rings is 2. The number of carbonyl (C=O) groups excluding carboxylic acids is 1. The van der Waals surface area contributed by atoms with Crippen LogP contribution in [0.4, 0.5) is 8.78 Å². The summed E-state index contributed by atoms with van der Waals surface area (Å²) in [5, 5.41) is 16.6. The van der Waals surface area contributed by atoms with E-state index in [2.05, 4.69) is 10.6 Å². The molecule has 1 aromatic heterocycles. The fourth-order valence-electron chi connectivity index (χ4n) is 4.99. The van der Waals surface area contributed by atoms with Gasteiger partial charge in [0.1, 0.15) is 35.7 Å². The second-order valence-corrected chi connectivity index (χ2v) is 11.1. The van der Waals surface area contributed by atoms with E-state index >= 15 is 0 Å². The van der Waals surface area contributed by atoms with Crippen molar-refractivity contribution in [1.29, 1.82) is 0 Å². The van der Waals surface area contributed by atoms with Gasteiger partial charge in [0.05, 0.1) is 15.6 Å². The van der Waals surface area contributed by atoms with Crippen LogP contribution in [-0.2, 0) is 0 Å². The van der Waals surface area contributed by atoms with Crippen LogP contribution in [0.3, 0.4) is 0 Å². The first-order chi connectivity index (χ1) is 18.7. The number of rotatable bonds is 9. The monoisotopic (exact) mass is 579 g/mol. The summed E-state index contributed by atoms with van der Waals surface area (Å²) in [5.41, 5.74) is 0.0212. The minimum atomic E-state index is -0.789. The molecule has 2 aromatic carbocycles. The van der Waals surface area contributed by atoms with Crippen molar-refractivity contribution in [2.45, 2.75) is 62.8 Å². The second-order valence-electron chi connectivity index (χ2n) is 10.3. The Morgan fingerprint density at radius 2 is 1.72 bits per heavy atom. The van der Waals surface area contributed by atoms with Crippen LogP contribution in [0.15, 0.2) is 41.3 Å². The molecule has 0 spiro atoms. The van der Waals surface area contributed by atoms with Crippen molar-refractivity contribution in [2.24, 2.45) is 0 Å². The molecule has 0 unspecified atom stereocenters. The number of aliphatic hydroxyl groups is 1. The van der Waals surface area contributed by atoms with Crippen LogP contribution >= 0.6 is 23.2 Å². The molecule has 0 radical (unpaired) electrons. The predicted octanol–water partition coefficient (Wildman–Crippen LogP) is 4.99. The number of carbonyl (C=O) groups is 1. The molecule has 3 N–H and O–H groups in total. The first-order valence-corrected chi connectivity index (χ1v) is 13.8. The Labute approximate surface area is 234 Å². The minimum Gasteiger partial charge on any atom is -0.491 e. The molecule has 1 atom stereocenters. The lowest BCUT2D eigenvalue weighted by Crippen LogP contribution is -2.45. The van der Waals surface area contributed by atoms with Crippen molar-refractivity contribution < 1.29 is 23.4 Å². The van der Waals surface area contributed by atoms with Gasteiger partial charge in [-0.25, -0.2) is 8.78 Å². The Bertz CT molecular complexity index is 1440. The third-order valence-corrected chi connectivity index (χ3v) is 7.89. The molecule has 1 amide bonds. The van der Waals surface area contributed by atoms with Crippen molar-refractivity contribution in [2.75, 3.05) is 13.2 Å². The average molecular weight is 580 g/mol. The Hall–Kier alpha value is -2.72. The highest BCUT2D eigenvalue weighted by Crippen LogP contribution is 2.37. The number of hydrogen-bond donors (Lipinski definition) is 3. The van der Waals surface area contributed by atoms with E-state index in [9.17, 15) is 23.5 Å². The molecule has 0 bridgehead atoms. The fourth-order valence-corrected chi connectivity index (χ4v) is 5.26. The summed E-state index contributed by atoms with van der Waals surface area (Å²) in [6.45, 7) is 0.301. The SMILES string of the molecule is O=C(N[C@H]1CC[C@H](NC[C@H](O)COc2ccc(Cl)c(F)c2)CC1)c1cn(C2CC2)c2cc(Cl)c(F)cc2c1=O. The topological polar surface area (TPSA) is 92.6 Å². The molecule has 0 saturated heterocycles. The van der Waals surface area contributed by atoms with Gasteiger partial charge in [-0.1, -0.05) is 23.2 Å². The maximum Gasteiger partial charge on any atom is 0.256 e. The molecule has 2 aliphatic carbocycles. The summed E-state index contributed by atoms with van der Waals surface area (Å²) in [6, 6.07) is 6.88. The summed E-state index contributed by atoms with van der Waals surface area (Å²) in [4.78, 5) is 26.2. The molecule has 0 aliphatic heterocycles. The molecule has 11 heteroatoms. The molecule has 2 fully saturated rings. The highest BCUT2D eigenvalue weighted by molar-refractivity contribution is 6.31. The number of fused-ring (bicyclic) bond motifs is 1. The van der Waals surface area contributed by atoms with Gasteiger partial charge in [-0.2, -0.15) is 0 Å². The van der Waals surface area contributed by atoms with Crippen LogP contribution in [-0.4, -0.2) is 46.9 Å². The van der Waals surface area contributed by atoms with Crippen LogP contribution in [0, 0.1) is 11.6 Å². The summed E-state index contributed by atoms with van der Waals surface area (Å²) in [6.07, 6.45) is 5.58. The van der Waals surface area contributed by atoms with Crippen LogP contribution < -0.4 is 20.8 Å². The molecule has 3 aromatic rings. The third-order valence-electron chi connectivity index (χ3n) is 7.30. The summed E-state index contributed by atoms with van der Waals surface area (Å²) in [5.74, 6) is -1.45. The smallest absolute Gasteiger partial charge is 0.256 e. The van der Waals surface area contributed by atoms with Crippen LogP contribution in [0.25, 0.3) is 10.9 Å². The zero-order chi connectivity index (χ0) is 27.7. The number of amides is 1. The van der Waals surface area contributed by atoms with Gasteiger partial charge >= 0.3 is 0 Å². The highest BCUT2D eigenvalue weighted by atomic mass is 35.5. The lowest BCUT2D eigenvalue weighted by molar-refractivity contribution is 0.0913. The Kier molecular flexibility index (Phi) is 8.42. The normalized spacial score (nSPS) is 20.1. The maximum absolute atomic E-state index is 14.2. The Balaban J connectivity index is 1.13. The lowest BCUT2D eigenvalue weighted by Gasteiger charge is -2.30. The van der Waals surface area contributed by atoms with Crippen molar-refractivity contribution >= 4 is 40.0 Å². The van der Waals surface area contributed by atoms with Crippen molar-refractivity contribution in [3.05, 3.63) is 74.0 Å². The molecule has 5 rings (SSSR count). The van der Waals surface area contributed by atoms with E-state index in [-0.39, 0.29) is 51.5 Å². The number of ether oxygens (including phenoxy) is 1. The van der Waals surface area contributed by atoms with E-state index in [1.807, 2.05) is 4.57 Å². The summed E-state index contributed by atoms with van der Waals surface area (Å²) < 4.78 is 35.0. The van der Waals surface area contributed by atoms with Gasteiger partial charge in [0, 0.05) is 42.3 Å². The van der Waals surface area contributed by atoms with Crippen molar-refractivity contribution in [3.63, 3.8) is 0 Å². The van der Waals surface area contributed by atoms with Crippen molar-refractivity contribution in [1.82, 2.24) is 15.2 Å². The number of halogens is 4. The van der Waals surface area contributed by atoms with Crippen LogP contribution in [0.5, 0.6) is 5.75 Å². The van der Waals surface area contributed by atoms with Gasteiger partial charge < -0.3 is 25.0 Å².